The summed E-state index contributed by atoms with van der Waals surface area (Å²) in [5.74, 6) is 0.151. The number of nitrogens with zero attached hydrogens (tertiary/aromatic N) is 2. The van der Waals surface area contributed by atoms with Gasteiger partial charge in [-0.3, -0.25) is 14.5 Å². The first-order chi connectivity index (χ1) is 13.0. The Morgan fingerprint density at radius 1 is 1.30 bits per heavy atom. The summed E-state index contributed by atoms with van der Waals surface area (Å²) < 4.78 is 23.3. The van der Waals surface area contributed by atoms with Gasteiger partial charge in [-0.25, -0.2) is 4.39 Å². The second kappa shape index (κ2) is 11.3. The van der Waals surface area contributed by atoms with Crippen molar-refractivity contribution in [2.24, 2.45) is 0 Å². The number of carbonyl (C=O) groups is 2. The lowest BCUT2D eigenvalue weighted by Crippen LogP contribution is -2.42. The summed E-state index contributed by atoms with van der Waals surface area (Å²) in [5.41, 5.74) is 0.906. The number of carbonyl (C=O) groups excluding carboxylic acids is 2. The van der Waals surface area contributed by atoms with Gasteiger partial charge >= 0.3 is 5.97 Å². The van der Waals surface area contributed by atoms with Crippen LogP contribution in [0.2, 0.25) is 0 Å². The van der Waals surface area contributed by atoms with Crippen molar-refractivity contribution >= 4 is 23.6 Å². The number of benzene rings is 1. The minimum Gasteiger partial charge on any atom is -0.465 e. The molecule has 0 aromatic heterocycles. The molecule has 1 atom stereocenters. The largest absolute Gasteiger partial charge is 0.465 e. The first-order valence-corrected chi connectivity index (χ1v) is 10.1. The Kier molecular flexibility index (Phi) is 9.03. The quantitative estimate of drug-likeness (QED) is 0.445. The smallest absolute Gasteiger partial charge is 0.320 e. The Morgan fingerprint density at radius 3 is 2.70 bits per heavy atom. The van der Waals surface area contributed by atoms with E-state index in [1.54, 1.807) is 47.7 Å². The number of ether oxygens (including phenoxy) is 2. The van der Waals surface area contributed by atoms with Gasteiger partial charge in [-0.1, -0.05) is 12.1 Å². The van der Waals surface area contributed by atoms with Crippen LogP contribution in [0.5, 0.6) is 0 Å². The third-order valence-corrected chi connectivity index (χ3v) is 5.47. The third-order valence-electron chi connectivity index (χ3n) is 4.21. The highest BCUT2D eigenvalue weighted by Crippen LogP contribution is 2.37. The second-order valence-electron chi connectivity index (χ2n) is 6.22. The van der Waals surface area contributed by atoms with E-state index in [9.17, 15) is 14.0 Å². The first kappa shape index (κ1) is 21.7. The fraction of sp³-hybridized carbons (Fsp3) is 0.579. The SMILES string of the molecule is CCOC(=O)CN(CCCOC)CC(=O)N1CCS[C@H]1c1ccc(F)cc1. The van der Waals surface area contributed by atoms with Gasteiger partial charge in [0.15, 0.2) is 0 Å². The summed E-state index contributed by atoms with van der Waals surface area (Å²) in [4.78, 5) is 28.3. The van der Waals surface area contributed by atoms with Crippen molar-refractivity contribution in [3.8, 4) is 0 Å². The highest BCUT2D eigenvalue weighted by molar-refractivity contribution is 7.99. The maximum Gasteiger partial charge on any atom is 0.320 e. The van der Waals surface area contributed by atoms with Crippen molar-refractivity contribution in [3.05, 3.63) is 35.6 Å². The normalized spacial score (nSPS) is 16.7. The molecule has 0 bridgehead atoms. The molecule has 2 rings (SSSR count). The Hall–Kier alpha value is -1.64. The van der Waals surface area contributed by atoms with E-state index in [0.717, 1.165) is 17.7 Å². The van der Waals surface area contributed by atoms with E-state index in [1.165, 1.54) is 12.1 Å². The van der Waals surface area contributed by atoms with Crippen molar-refractivity contribution in [1.82, 2.24) is 9.80 Å². The summed E-state index contributed by atoms with van der Waals surface area (Å²) in [7, 11) is 1.62. The molecule has 1 heterocycles. The van der Waals surface area contributed by atoms with E-state index in [1.807, 2.05) is 0 Å². The van der Waals surface area contributed by atoms with Gasteiger partial charge in [0, 0.05) is 32.6 Å². The highest BCUT2D eigenvalue weighted by Gasteiger charge is 2.31. The first-order valence-electron chi connectivity index (χ1n) is 9.08. The maximum atomic E-state index is 13.2. The van der Waals surface area contributed by atoms with Gasteiger partial charge in [0.1, 0.15) is 11.2 Å². The second-order valence-corrected chi connectivity index (χ2v) is 7.41. The number of thioether (sulfide) groups is 1. The van der Waals surface area contributed by atoms with Crippen LogP contribution in [-0.4, -0.2) is 73.9 Å². The van der Waals surface area contributed by atoms with Gasteiger partial charge in [-0.2, -0.15) is 0 Å². The van der Waals surface area contributed by atoms with Gasteiger partial charge < -0.3 is 14.4 Å². The molecule has 8 heteroatoms. The number of methoxy groups -OCH3 is 1. The molecule has 1 fully saturated rings. The van der Waals surface area contributed by atoms with Crippen molar-refractivity contribution in [2.75, 3.05) is 52.3 Å². The van der Waals surface area contributed by atoms with Crippen molar-refractivity contribution in [2.45, 2.75) is 18.7 Å². The fourth-order valence-electron chi connectivity index (χ4n) is 2.95. The van der Waals surface area contributed by atoms with Crippen LogP contribution in [0.3, 0.4) is 0 Å². The molecule has 1 aromatic carbocycles. The zero-order valence-corrected chi connectivity index (χ0v) is 16.7. The summed E-state index contributed by atoms with van der Waals surface area (Å²) in [6.45, 7) is 4.05. The summed E-state index contributed by atoms with van der Waals surface area (Å²) in [6, 6.07) is 6.25. The minimum atomic E-state index is -0.339. The number of halogens is 1. The molecule has 1 saturated heterocycles. The number of hydrogen-bond donors (Lipinski definition) is 0. The number of esters is 1. The van der Waals surface area contributed by atoms with Crippen LogP contribution >= 0.6 is 11.8 Å². The molecule has 0 spiro atoms. The van der Waals surface area contributed by atoms with Gasteiger partial charge in [-0.15, -0.1) is 11.8 Å². The van der Waals surface area contributed by atoms with Crippen LogP contribution in [0.15, 0.2) is 24.3 Å². The number of amides is 1. The van der Waals surface area contributed by atoms with E-state index >= 15 is 0 Å². The van der Waals surface area contributed by atoms with Crippen molar-refractivity contribution < 1.29 is 23.5 Å². The molecule has 0 radical (unpaired) electrons. The Labute approximate surface area is 164 Å². The standard InChI is InChI=1S/C19H27FN2O4S/c1-3-26-18(24)14-21(9-4-11-25-2)13-17(23)22-10-12-27-19(22)15-5-7-16(20)8-6-15/h5-8,19H,3-4,9-14H2,1-2H3/t19-/m0/s1. The lowest BCUT2D eigenvalue weighted by Gasteiger charge is -2.28. The van der Waals surface area contributed by atoms with Gasteiger partial charge in [0.05, 0.1) is 19.7 Å². The molecule has 0 N–H and O–H groups in total. The van der Waals surface area contributed by atoms with E-state index in [-0.39, 0.29) is 36.2 Å². The zero-order chi connectivity index (χ0) is 19.6. The molecular formula is C19H27FN2O4S. The molecule has 150 valence electrons. The van der Waals surface area contributed by atoms with Crippen molar-refractivity contribution in [3.63, 3.8) is 0 Å². The van der Waals surface area contributed by atoms with Gasteiger partial charge in [0.2, 0.25) is 5.91 Å². The monoisotopic (exact) mass is 398 g/mol. The molecule has 27 heavy (non-hydrogen) atoms. The van der Waals surface area contributed by atoms with Gasteiger partial charge in [0.25, 0.3) is 0 Å². The fourth-order valence-corrected chi connectivity index (χ4v) is 4.22. The minimum absolute atomic E-state index is 0.0453. The van der Waals surface area contributed by atoms with Crippen LogP contribution in [0.25, 0.3) is 0 Å². The molecule has 1 aromatic rings. The van der Waals surface area contributed by atoms with Crippen molar-refractivity contribution in [1.29, 1.82) is 0 Å². The van der Waals surface area contributed by atoms with Crippen LogP contribution < -0.4 is 0 Å². The summed E-state index contributed by atoms with van der Waals surface area (Å²) >= 11 is 1.66. The molecule has 6 nitrogen and oxygen atoms in total. The molecular weight excluding hydrogens is 371 g/mol. The maximum absolute atomic E-state index is 13.2. The Balaban J connectivity index is 2.00. The molecule has 1 amide bonds. The van der Waals surface area contributed by atoms with E-state index in [0.29, 0.717) is 26.3 Å². The summed E-state index contributed by atoms with van der Waals surface area (Å²) in [6.07, 6.45) is 0.722. The predicted octanol–water partition coefficient (Wildman–Crippen LogP) is 2.30. The topological polar surface area (TPSA) is 59.1 Å². The molecule has 0 saturated carbocycles. The van der Waals surface area contributed by atoms with E-state index < -0.39 is 0 Å². The Bertz CT molecular complexity index is 614. The third kappa shape index (κ3) is 6.79. The lowest BCUT2D eigenvalue weighted by atomic mass is 10.2. The average Bonchev–Trinajstić information content (AvgIpc) is 3.12. The van der Waals surface area contributed by atoms with E-state index in [2.05, 4.69) is 0 Å². The summed E-state index contributed by atoms with van der Waals surface area (Å²) in [5, 5.41) is -0.124. The van der Waals surface area contributed by atoms with Gasteiger partial charge in [-0.05, 0) is 31.0 Å². The molecule has 1 aliphatic heterocycles. The highest BCUT2D eigenvalue weighted by atomic mass is 32.2. The number of rotatable bonds is 10. The van der Waals surface area contributed by atoms with Crippen LogP contribution in [0.4, 0.5) is 4.39 Å². The Morgan fingerprint density at radius 2 is 2.04 bits per heavy atom. The molecule has 1 aliphatic rings. The molecule has 0 unspecified atom stereocenters. The molecule has 0 aliphatic carbocycles. The van der Waals surface area contributed by atoms with Crippen LogP contribution in [0.1, 0.15) is 24.3 Å². The van der Waals surface area contributed by atoms with E-state index in [4.69, 9.17) is 9.47 Å². The lowest BCUT2D eigenvalue weighted by molar-refractivity contribution is -0.145. The number of hydrogen-bond acceptors (Lipinski definition) is 6. The average molecular weight is 399 g/mol. The van der Waals surface area contributed by atoms with Crippen LogP contribution in [-0.2, 0) is 19.1 Å². The van der Waals surface area contributed by atoms with Crippen LogP contribution in [0, 0.1) is 5.82 Å². The predicted molar refractivity (Wildman–Crippen MR) is 103 cm³/mol. The zero-order valence-electron chi connectivity index (χ0n) is 15.9.